The lowest BCUT2D eigenvalue weighted by Crippen LogP contribution is -2.34. The molecule has 2 aromatic heterocycles. The van der Waals surface area contributed by atoms with Crippen molar-refractivity contribution in [2.45, 2.75) is 30.1 Å². The Labute approximate surface area is 188 Å². The molecule has 1 fully saturated rings. The molecule has 1 saturated heterocycles. The van der Waals surface area contributed by atoms with Gasteiger partial charge in [0, 0.05) is 30.6 Å². The van der Waals surface area contributed by atoms with E-state index in [9.17, 15) is 0 Å². The lowest BCUT2D eigenvalue weighted by molar-refractivity contribution is 0.213. The van der Waals surface area contributed by atoms with Gasteiger partial charge in [-0.3, -0.25) is 4.98 Å². The molecule has 160 valence electrons. The molecule has 0 atom stereocenters. The Morgan fingerprint density at radius 2 is 1.81 bits per heavy atom. The summed E-state index contributed by atoms with van der Waals surface area (Å²) in [6, 6.07) is 18.2. The first-order valence-corrected chi connectivity index (χ1v) is 11.5. The highest BCUT2D eigenvalue weighted by molar-refractivity contribution is 8.03. The number of pyridine rings is 2. The molecule has 1 aliphatic rings. The molecular weight excluding hydrogens is 404 g/mol. The summed E-state index contributed by atoms with van der Waals surface area (Å²) >= 11 is 1.38. The van der Waals surface area contributed by atoms with E-state index in [2.05, 4.69) is 45.7 Å². The number of anilines is 1. The van der Waals surface area contributed by atoms with Gasteiger partial charge >= 0.3 is 0 Å². The van der Waals surface area contributed by atoms with Gasteiger partial charge in [-0.2, -0.15) is 0 Å². The van der Waals surface area contributed by atoms with Crippen LogP contribution in [0.2, 0.25) is 0 Å². The maximum Gasteiger partial charge on any atom is 0.158 e. The summed E-state index contributed by atoms with van der Waals surface area (Å²) in [4.78, 5) is 12.0. The number of ether oxygens (including phenoxy) is 1. The molecule has 0 spiro atoms. The van der Waals surface area contributed by atoms with Crippen LogP contribution in [-0.4, -0.2) is 34.5 Å². The SMILES string of the molecule is C=C(Oc1ccc(CCN2CCC(c3ccccn3)CC2)cc1)Sc1cccnc1N. The smallest absolute Gasteiger partial charge is 0.158 e. The van der Waals surface area contributed by atoms with Gasteiger partial charge in [0.2, 0.25) is 0 Å². The third kappa shape index (κ3) is 6.09. The predicted molar refractivity (Wildman–Crippen MR) is 127 cm³/mol. The normalized spacial score (nSPS) is 15.0. The number of aromatic nitrogens is 2. The Hall–Kier alpha value is -2.83. The van der Waals surface area contributed by atoms with E-state index in [1.54, 1.807) is 6.20 Å². The standard InChI is InChI=1S/C25H28N4OS/c1-19(31-24-6-4-15-28-25(24)26)30-22-9-7-20(8-10-22)11-16-29-17-12-21(13-18-29)23-5-2-3-14-27-23/h2-10,14-15,21H,1,11-13,16-18H2,(H2,26,28). The van der Waals surface area contributed by atoms with Crippen LogP contribution in [0.25, 0.3) is 0 Å². The zero-order chi connectivity index (χ0) is 21.5. The molecule has 0 saturated carbocycles. The van der Waals surface area contributed by atoms with Gasteiger partial charge < -0.3 is 15.4 Å². The van der Waals surface area contributed by atoms with Crippen LogP contribution in [0.5, 0.6) is 5.75 Å². The summed E-state index contributed by atoms with van der Waals surface area (Å²) in [6.45, 7) is 7.33. The van der Waals surface area contributed by atoms with Crippen molar-refractivity contribution in [3.8, 4) is 5.75 Å². The number of nitrogens with two attached hydrogens (primary N) is 1. The highest BCUT2D eigenvalue weighted by Crippen LogP contribution is 2.31. The average Bonchev–Trinajstić information content (AvgIpc) is 2.81. The summed E-state index contributed by atoms with van der Waals surface area (Å²) in [7, 11) is 0. The molecule has 3 aromatic rings. The van der Waals surface area contributed by atoms with Gasteiger partial charge in [0.1, 0.15) is 11.6 Å². The minimum Gasteiger partial charge on any atom is -0.451 e. The Bertz CT molecular complexity index is 986. The lowest BCUT2D eigenvalue weighted by Gasteiger charge is -2.31. The molecule has 0 amide bonds. The topological polar surface area (TPSA) is 64.3 Å². The number of benzene rings is 1. The van der Waals surface area contributed by atoms with Crippen molar-refractivity contribution in [2.24, 2.45) is 0 Å². The summed E-state index contributed by atoms with van der Waals surface area (Å²) in [6.07, 6.45) is 6.98. The monoisotopic (exact) mass is 432 g/mol. The van der Waals surface area contributed by atoms with Crippen LogP contribution in [0.15, 0.2) is 83.6 Å². The fourth-order valence-electron chi connectivity index (χ4n) is 3.85. The molecule has 5 nitrogen and oxygen atoms in total. The quantitative estimate of drug-likeness (QED) is 0.394. The van der Waals surface area contributed by atoms with E-state index >= 15 is 0 Å². The van der Waals surface area contributed by atoms with Gasteiger partial charge in [-0.05, 0) is 92.7 Å². The van der Waals surface area contributed by atoms with Gasteiger partial charge in [-0.15, -0.1) is 0 Å². The zero-order valence-corrected chi connectivity index (χ0v) is 18.4. The van der Waals surface area contributed by atoms with Gasteiger partial charge in [0.05, 0.1) is 4.90 Å². The second kappa shape index (κ2) is 10.5. The highest BCUT2D eigenvalue weighted by atomic mass is 32.2. The average molecular weight is 433 g/mol. The first-order valence-electron chi connectivity index (χ1n) is 10.6. The molecule has 31 heavy (non-hydrogen) atoms. The van der Waals surface area contributed by atoms with Crippen molar-refractivity contribution >= 4 is 17.6 Å². The zero-order valence-electron chi connectivity index (χ0n) is 17.6. The first-order chi connectivity index (χ1) is 15.2. The number of thioether (sulfide) groups is 1. The van der Waals surface area contributed by atoms with Gasteiger partial charge in [-0.1, -0.05) is 18.2 Å². The first kappa shape index (κ1) is 21.4. The molecule has 1 aromatic carbocycles. The molecule has 0 aliphatic carbocycles. The lowest BCUT2D eigenvalue weighted by atomic mass is 9.93. The molecule has 2 N–H and O–H groups in total. The van der Waals surface area contributed by atoms with Crippen LogP contribution >= 0.6 is 11.8 Å². The number of nitrogen functional groups attached to an aromatic ring is 1. The number of nitrogens with zero attached hydrogens (tertiary/aromatic N) is 3. The van der Waals surface area contributed by atoms with Crippen molar-refractivity contribution < 1.29 is 4.74 Å². The second-order valence-electron chi connectivity index (χ2n) is 7.73. The minimum atomic E-state index is 0.483. The third-order valence-electron chi connectivity index (χ3n) is 5.59. The number of rotatable bonds is 8. The van der Waals surface area contributed by atoms with E-state index in [-0.39, 0.29) is 0 Å². The summed E-state index contributed by atoms with van der Waals surface area (Å²) in [5.41, 5.74) is 8.43. The molecule has 4 rings (SSSR count). The van der Waals surface area contributed by atoms with E-state index in [1.807, 2.05) is 36.5 Å². The Morgan fingerprint density at radius 3 is 2.52 bits per heavy atom. The van der Waals surface area contributed by atoms with Crippen molar-refractivity contribution in [3.63, 3.8) is 0 Å². The third-order valence-corrected chi connectivity index (χ3v) is 6.47. The van der Waals surface area contributed by atoms with Gasteiger partial charge in [0.15, 0.2) is 5.09 Å². The highest BCUT2D eigenvalue weighted by Gasteiger charge is 2.21. The van der Waals surface area contributed by atoms with Crippen LogP contribution in [-0.2, 0) is 6.42 Å². The summed E-state index contributed by atoms with van der Waals surface area (Å²) in [5, 5.41) is 0.572. The molecule has 0 unspecified atom stereocenters. The fourth-order valence-corrected chi connectivity index (χ4v) is 4.53. The van der Waals surface area contributed by atoms with Crippen molar-refractivity contribution in [1.82, 2.24) is 14.9 Å². The maximum atomic E-state index is 5.88. The number of likely N-dealkylation sites (tertiary alicyclic amines) is 1. The minimum absolute atomic E-state index is 0.483. The van der Waals surface area contributed by atoms with Crippen LogP contribution in [0.4, 0.5) is 5.82 Å². The molecule has 3 heterocycles. The Balaban J connectivity index is 1.21. The van der Waals surface area contributed by atoms with E-state index in [1.165, 1.54) is 35.9 Å². The summed E-state index contributed by atoms with van der Waals surface area (Å²) < 4.78 is 5.85. The Morgan fingerprint density at radius 1 is 1.03 bits per heavy atom. The molecular formula is C25H28N4OS. The van der Waals surface area contributed by atoms with E-state index in [4.69, 9.17) is 10.5 Å². The molecule has 0 radical (unpaired) electrons. The van der Waals surface area contributed by atoms with Gasteiger partial charge in [0.25, 0.3) is 0 Å². The van der Waals surface area contributed by atoms with Gasteiger partial charge in [-0.25, -0.2) is 4.98 Å². The van der Waals surface area contributed by atoms with Crippen molar-refractivity contribution in [1.29, 1.82) is 0 Å². The number of hydrogen-bond donors (Lipinski definition) is 1. The van der Waals surface area contributed by atoms with Crippen molar-refractivity contribution in [3.05, 3.63) is 89.9 Å². The molecule has 1 aliphatic heterocycles. The van der Waals surface area contributed by atoms with Crippen LogP contribution in [0.1, 0.15) is 30.0 Å². The largest absolute Gasteiger partial charge is 0.451 e. The van der Waals surface area contributed by atoms with Crippen LogP contribution < -0.4 is 10.5 Å². The maximum absolute atomic E-state index is 5.88. The number of hydrogen-bond acceptors (Lipinski definition) is 6. The van der Waals surface area contributed by atoms with E-state index < -0.39 is 0 Å². The predicted octanol–water partition coefficient (Wildman–Crippen LogP) is 5.12. The van der Waals surface area contributed by atoms with E-state index in [0.29, 0.717) is 16.8 Å². The van der Waals surface area contributed by atoms with E-state index in [0.717, 1.165) is 36.7 Å². The summed E-state index contributed by atoms with van der Waals surface area (Å²) in [5.74, 6) is 1.86. The van der Waals surface area contributed by atoms with Crippen LogP contribution in [0, 0.1) is 0 Å². The number of piperidine rings is 1. The second-order valence-corrected chi connectivity index (χ2v) is 8.83. The molecule has 0 bridgehead atoms. The van der Waals surface area contributed by atoms with Crippen LogP contribution in [0.3, 0.4) is 0 Å². The Kier molecular flexibility index (Phi) is 7.22. The fraction of sp³-hybridized carbons (Fsp3) is 0.280. The molecule has 6 heteroatoms. The van der Waals surface area contributed by atoms with Crippen molar-refractivity contribution in [2.75, 3.05) is 25.4 Å².